The van der Waals surface area contributed by atoms with Crippen molar-refractivity contribution in [3.05, 3.63) is 0 Å². The van der Waals surface area contributed by atoms with Gasteiger partial charge in [-0.1, -0.05) is 0 Å². The van der Waals surface area contributed by atoms with Crippen LogP contribution in [0.2, 0.25) is 0 Å². The minimum absolute atomic E-state index is 0.0828. The molecule has 2 nitrogen and oxygen atoms in total. The lowest BCUT2D eigenvalue weighted by Crippen LogP contribution is -2.42. The second-order valence-corrected chi connectivity index (χ2v) is 6.30. The third kappa shape index (κ3) is 2.65. The fourth-order valence-corrected chi connectivity index (χ4v) is 3.60. The van der Waals surface area contributed by atoms with Crippen LogP contribution < -0.4 is 5.73 Å². The molecule has 0 spiro atoms. The topological polar surface area (TPSA) is 29.3 Å². The third-order valence-corrected chi connectivity index (χ3v) is 4.57. The van der Waals surface area contributed by atoms with Crippen molar-refractivity contribution in [2.24, 2.45) is 5.73 Å². The molecule has 2 atom stereocenters. The summed E-state index contributed by atoms with van der Waals surface area (Å²) in [4.78, 5) is 2.63. The molecule has 2 unspecified atom stereocenters. The summed E-state index contributed by atoms with van der Waals surface area (Å²) in [5.41, 5.74) is 6.25. The molecule has 2 rings (SSSR count). The fraction of sp³-hybridized carbons (Fsp3) is 1.00. The van der Waals surface area contributed by atoms with Gasteiger partial charge < -0.3 is 5.73 Å². The van der Waals surface area contributed by atoms with E-state index in [1.807, 2.05) is 0 Å². The summed E-state index contributed by atoms with van der Waals surface area (Å²) in [5.74, 6) is 2.71. The largest absolute Gasteiger partial charge is 0.324 e. The van der Waals surface area contributed by atoms with Crippen LogP contribution in [0.4, 0.5) is 0 Å². The number of rotatable bonds is 1. The minimum atomic E-state index is 0.0828. The lowest BCUT2D eigenvalue weighted by molar-refractivity contribution is 0.215. The van der Waals surface area contributed by atoms with Crippen LogP contribution in [-0.2, 0) is 0 Å². The first kappa shape index (κ1) is 10.8. The second-order valence-electron chi connectivity index (χ2n) is 5.07. The van der Waals surface area contributed by atoms with Crippen molar-refractivity contribution in [3.8, 4) is 0 Å². The molecule has 0 amide bonds. The van der Waals surface area contributed by atoms with Crippen LogP contribution in [0.5, 0.6) is 0 Å². The Hall–Kier alpha value is 0.270. The van der Waals surface area contributed by atoms with E-state index < -0.39 is 0 Å². The average Bonchev–Trinajstić information content (AvgIpc) is 2.42. The van der Waals surface area contributed by atoms with Crippen LogP contribution in [0.1, 0.15) is 32.6 Å². The number of hydrogen-bond acceptors (Lipinski definition) is 3. The lowest BCUT2D eigenvalue weighted by Gasteiger charge is -2.27. The zero-order valence-electron chi connectivity index (χ0n) is 9.17. The quantitative estimate of drug-likeness (QED) is 0.720. The average molecular weight is 214 g/mol. The van der Waals surface area contributed by atoms with Gasteiger partial charge >= 0.3 is 0 Å². The molecule has 0 aromatic rings. The third-order valence-electron chi connectivity index (χ3n) is 3.47. The summed E-state index contributed by atoms with van der Waals surface area (Å²) in [6, 6.07) is 0.829. The van der Waals surface area contributed by atoms with Crippen molar-refractivity contribution in [1.82, 2.24) is 4.90 Å². The smallest absolute Gasteiger partial charge is 0.0267 e. The van der Waals surface area contributed by atoms with Gasteiger partial charge in [-0.2, -0.15) is 11.8 Å². The van der Waals surface area contributed by atoms with Crippen LogP contribution >= 0.6 is 11.8 Å². The number of nitrogens with two attached hydrogens (primary N) is 1. The molecule has 0 radical (unpaired) electrons. The standard InChI is InChI=1S/C11H22N2S/c1-11(12)5-6-13(9-11)10-3-2-7-14-8-4-10/h10H,2-9,12H2,1H3. The molecule has 0 saturated carbocycles. The van der Waals surface area contributed by atoms with Gasteiger partial charge in [-0.15, -0.1) is 0 Å². The Morgan fingerprint density at radius 1 is 1.36 bits per heavy atom. The van der Waals surface area contributed by atoms with E-state index in [-0.39, 0.29) is 5.54 Å². The number of likely N-dealkylation sites (tertiary alicyclic amines) is 1. The van der Waals surface area contributed by atoms with Gasteiger partial charge in [0.15, 0.2) is 0 Å². The zero-order valence-corrected chi connectivity index (χ0v) is 9.98. The van der Waals surface area contributed by atoms with E-state index in [1.165, 1.54) is 43.7 Å². The van der Waals surface area contributed by atoms with Gasteiger partial charge in [-0.3, -0.25) is 4.90 Å². The second kappa shape index (κ2) is 4.42. The maximum absolute atomic E-state index is 6.17. The molecule has 2 saturated heterocycles. The van der Waals surface area contributed by atoms with E-state index in [0.717, 1.165) is 12.6 Å². The highest BCUT2D eigenvalue weighted by Gasteiger charge is 2.33. The van der Waals surface area contributed by atoms with Gasteiger partial charge in [-0.05, 0) is 44.1 Å². The molecule has 2 aliphatic rings. The molecule has 3 heteroatoms. The molecule has 0 bridgehead atoms. The molecule has 14 heavy (non-hydrogen) atoms. The molecule has 0 aliphatic carbocycles. The van der Waals surface area contributed by atoms with Gasteiger partial charge in [0.25, 0.3) is 0 Å². The van der Waals surface area contributed by atoms with Crippen LogP contribution in [0.25, 0.3) is 0 Å². The van der Waals surface area contributed by atoms with E-state index in [0.29, 0.717) is 0 Å². The van der Waals surface area contributed by atoms with Crippen molar-refractivity contribution in [2.45, 2.75) is 44.2 Å². The van der Waals surface area contributed by atoms with Crippen molar-refractivity contribution in [2.75, 3.05) is 24.6 Å². The Morgan fingerprint density at radius 2 is 2.21 bits per heavy atom. The van der Waals surface area contributed by atoms with Crippen molar-refractivity contribution in [1.29, 1.82) is 0 Å². The lowest BCUT2D eigenvalue weighted by atomic mass is 10.0. The van der Waals surface area contributed by atoms with Crippen LogP contribution in [0.3, 0.4) is 0 Å². The van der Waals surface area contributed by atoms with Crippen molar-refractivity contribution < 1.29 is 0 Å². The molecule has 82 valence electrons. The first-order valence-corrected chi connectivity index (χ1v) is 6.93. The van der Waals surface area contributed by atoms with Gasteiger partial charge in [0.1, 0.15) is 0 Å². The van der Waals surface area contributed by atoms with E-state index in [4.69, 9.17) is 5.73 Å². The normalized spacial score (nSPS) is 41.1. The summed E-state index contributed by atoms with van der Waals surface area (Å²) in [7, 11) is 0. The molecule has 2 heterocycles. The SMILES string of the molecule is CC1(N)CCN(C2CCCSCC2)C1. The first-order valence-electron chi connectivity index (χ1n) is 5.78. The van der Waals surface area contributed by atoms with Crippen LogP contribution in [0.15, 0.2) is 0 Å². The molecular formula is C11H22N2S. The van der Waals surface area contributed by atoms with Gasteiger partial charge in [0, 0.05) is 24.7 Å². The summed E-state index contributed by atoms with van der Waals surface area (Å²) < 4.78 is 0. The maximum atomic E-state index is 6.17. The minimum Gasteiger partial charge on any atom is -0.324 e. The van der Waals surface area contributed by atoms with E-state index in [2.05, 4.69) is 23.6 Å². The number of thioether (sulfide) groups is 1. The summed E-state index contributed by atoms with van der Waals surface area (Å²) in [5, 5.41) is 0. The molecular weight excluding hydrogens is 192 g/mol. The fourth-order valence-electron chi connectivity index (χ4n) is 2.58. The van der Waals surface area contributed by atoms with E-state index in [9.17, 15) is 0 Å². The van der Waals surface area contributed by atoms with Gasteiger partial charge in [-0.25, -0.2) is 0 Å². The first-order chi connectivity index (χ1) is 6.67. The summed E-state index contributed by atoms with van der Waals surface area (Å²) in [6.45, 7) is 4.53. The molecule has 2 aliphatic heterocycles. The van der Waals surface area contributed by atoms with E-state index in [1.54, 1.807) is 0 Å². The highest BCUT2D eigenvalue weighted by Crippen LogP contribution is 2.27. The van der Waals surface area contributed by atoms with Gasteiger partial charge in [0.2, 0.25) is 0 Å². The summed E-state index contributed by atoms with van der Waals surface area (Å²) >= 11 is 2.12. The highest BCUT2D eigenvalue weighted by molar-refractivity contribution is 7.99. The van der Waals surface area contributed by atoms with Crippen LogP contribution in [-0.4, -0.2) is 41.1 Å². The molecule has 2 N–H and O–H groups in total. The Balaban J connectivity index is 1.88. The zero-order chi connectivity index (χ0) is 10.0. The Labute approximate surface area is 91.6 Å². The number of nitrogens with zero attached hydrogens (tertiary/aromatic N) is 1. The van der Waals surface area contributed by atoms with Crippen molar-refractivity contribution >= 4 is 11.8 Å². The Kier molecular flexibility index (Phi) is 3.40. The molecule has 0 aromatic carbocycles. The summed E-state index contributed by atoms with van der Waals surface area (Å²) in [6.07, 6.45) is 5.34. The highest BCUT2D eigenvalue weighted by atomic mass is 32.2. The van der Waals surface area contributed by atoms with Crippen molar-refractivity contribution in [3.63, 3.8) is 0 Å². The van der Waals surface area contributed by atoms with Crippen LogP contribution in [0, 0.1) is 0 Å². The maximum Gasteiger partial charge on any atom is 0.0267 e. The Morgan fingerprint density at radius 3 is 2.93 bits per heavy atom. The van der Waals surface area contributed by atoms with E-state index >= 15 is 0 Å². The molecule has 0 aromatic heterocycles. The Bertz CT molecular complexity index is 183. The van der Waals surface area contributed by atoms with Gasteiger partial charge in [0.05, 0.1) is 0 Å². The predicted molar refractivity (Wildman–Crippen MR) is 63.7 cm³/mol. The monoisotopic (exact) mass is 214 g/mol. The predicted octanol–water partition coefficient (Wildman–Crippen LogP) is 1.70. The number of hydrogen-bond donors (Lipinski definition) is 1. The molecule has 2 fully saturated rings.